The molecule has 3 rings (SSSR count). The second-order valence-corrected chi connectivity index (χ2v) is 5.73. The van der Waals surface area contributed by atoms with Gasteiger partial charge in [-0.3, -0.25) is 10.1 Å². The van der Waals surface area contributed by atoms with Gasteiger partial charge in [-0.2, -0.15) is 5.26 Å². The Labute approximate surface area is 122 Å². The molecule has 0 saturated carbocycles. The second kappa shape index (κ2) is 5.01. The Balaban J connectivity index is 1.95. The van der Waals surface area contributed by atoms with Gasteiger partial charge in [0.05, 0.1) is 35.7 Å². The van der Waals surface area contributed by atoms with Crippen molar-refractivity contribution in [2.24, 2.45) is 5.41 Å². The van der Waals surface area contributed by atoms with Gasteiger partial charge in [0.2, 0.25) is 0 Å². The zero-order valence-electron chi connectivity index (χ0n) is 11.7. The molecule has 0 aromatic heterocycles. The first-order chi connectivity index (χ1) is 10.1. The van der Waals surface area contributed by atoms with Gasteiger partial charge in [0.25, 0.3) is 5.69 Å². The summed E-state index contributed by atoms with van der Waals surface area (Å²) in [6.07, 6.45) is 3.08. The van der Waals surface area contributed by atoms with Crippen LogP contribution in [0, 0.1) is 26.9 Å². The van der Waals surface area contributed by atoms with Gasteiger partial charge in [-0.05, 0) is 31.7 Å². The van der Waals surface area contributed by atoms with Crippen molar-refractivity contribution in [1.29, 1.82) is 5.26 Å². The molecule has 2 aliphatic rings. The number of ether oxygens (including phenoxy) is 2. The van der Waals surface area contributed by atoms with E-state index >= 15 is 0 Å². The molecule has 0 amide bonds. The van der Waals surface area contributed by atoms with Gasteiger partial charge in [-0.15, -0.1) is 0 Å². The Morgan fingerprint density at radius 3 is 2.90 bits per heavy atom. The zero-order chi connectivity index (χ0) is 15.0. The lowest BCUT2D eigenvalue weighted by atomic mass is 9.71. The fraction of sp³-hybridized carbons (Fsp3) is 0.533. The second-order valence-electron chi connectivity index (χ2n) is 5.73. The molecule has 2 fully saturated rings. The predicted molar refractivity (Wildman–Crippen MR) is 73.9 cm³/mol. The highest BCUT2D eigenvalue weighted by Crippen LogP contribution is 2.50. The third-order valence-electron chi connectivity index (χ3n) is 4.52. The minimum atomic E-state index is -0.592. The van der Waals surface area contributed by atoms with E-state index in [-0.39, 0.29) is 17.9 Å². The van der Waals surface area contributed by atoms with Crippen LogP contribution >= 0.6 is 0 Å². The van der Waals surface area contributed by atoms with E-state index in [9.17, 15) is 15.4 Å². The molecular weight excluding hydrogens is 272 g/mol. The number of nitriles is 1. The van der Waals surface area contributed by atoms with Crippen LogP contribution in [0.4, 0.5) is 5.69 Å². The molecular formula is C15H16N2O4. The van der Waals surface area contributed by atoms with E-state index in [1.54, 1.807) is 6.07 Å². The van der Waals surface area contributed by atoms with E-state index in [1.165, 1.54) is 19.2 Å². The summed E-state index contributed by atoms with van der Waals surface area (Å²) in [5.74, 6) is 0.581. The molecule has 2 bridgehead atoms. The third-order valence-corrected chi connectivity index (χ3v) is 4.52. The molecule has 0 radical (unpaired) electrons. The average molecular weight is 288 g/mol. The first-order valence-corrected chi connectivity index (χ1v) is 6.96. The number of rotatable bonds is 4. The lowest BCUT2D eigenvalue weighted by Crippen LogP contribution is -2.33. The first-order valence-electron chi connectivity index (χ1n) is 6.96. The van der Waals surface area contributed by atoms with Crippen molar-refractivity contribution < 1.29 is 14.4 Å². The van der Waals surface area contributed by atoms with Crippen LogP contribution in [0.15, 0.2) is 18.2 Å². The lowest BCUT2D eigenvalue weighted by Gasteiger charge is -2.28. The molecule has 110 valence electrons. The Hall–Kier alpha value is -2.13. The van der Waals surface area contributed by atoms with Gasteiger partial charge in [0, 0.05) is 17.7 Å². The van der Waals surface area contributed by atoms with E-state index < -0.39 is 10.3 Å². The van der Waals surface area contributed by atoms with E-state index in [4.69, 9.17) is 9.47 Å². The number of non-ortho nitro benzene ring substituents is 1. The van der Waals surface area contributed by atoms with Crippen LogP contribution in [-0.4, -0.2) is 24.2 Å². The monoisotopic (exact) mass is 288 g/mol. The maximum absolute atomic E-state index is 10.9. The number of nitro benzene ring substituents is 1. The molecule has 2 heterocycles. The van der Waals surface area contributed by atoms with E-state index in [0.29, 0.717) is 24.2 Å². The van der Waals surface area contributed by atoms with Crippen LogP contribution in [0.25, 0.3) is 0 Å². The average Bonchev–Trinajstić information content (AvgIpc) is 3.08. The normalized spacial score (nSPS) is 30.1. The fourth-order valence-electron chi connectivity index (χ4n) is 3.50. The van der Waals surface area contributed by atoms with Crippen molar-refractivity contribution >= 4 is 5.69 Å². The standard InChI is InChI=1S/C15H16N2O4/c1-20-13-4-2-11(17(18)19)6-10(13)7-15(9-16)8-12-3-5-14(15)21-12/h2,4,6,12,14H,3,5,7-8H2,1H3. The molecule has 0 N–H and O–H groups in total. The maximum Gasteiger partial charge on any atom is 0.269 e. The SMILES string of the molecule is COc1ccc([N+](=O)[O-])cc1CC1(C#N)CC2CCC1O2. The van der Waals surface area contributed by atoms with Crippen molar-refractivity contribution in [3.63, 3.8) is 0 Å². The van der Waals surface area contributed by atoms with Crippen molar-refractivity contribution in [2.45, 2.75) is 37.9 Å². The summed E-state index contributed by atoms with van der Waals surface area (Å²) in [5, 5.41) is 20.6. The summed E-state index contributed by atoms with van der Waals surface area (Å²) >= 11 is 0. The highest BCUT2D eigenvalue weighted by atomic mass is 16.6. The summed E-state index contributed by atoms with van der Waals surface area (Å²) < 4.78 is 11.1. The molecule has 3 unspecified atom stereocenters. The third kappa shape index (κ3) is 2.24. The molecule has 6 nitrogen and oxygen atoms in total. The minimum absolute atomic E-state index is 0.0166. The molecule has 21 heavy (non-hydrogen) atoms. The smallest absolute Gasteiger partial charge is 0.269 e. The van der Waals surface area contributed by atoms with Crippen molar-refractivity contribution in [2.75, 3.05) is 7.11 Å². The highest BCUT2D eigenvalue weighted by Gasteiger charge is 2.53. The quantitative estimate of drug-likeness (QED) is 0.628. The Morgan fingerprint density at radius 1 is 1.57 bits per heavy atom. The van der Waals surface area contributed by atoms with Crippen LogP contribution in [0.3, 0.4) is 0 Å². The molecule has 0 aliphatic carbocycles. The zero-order valence-corrected chi connectivity index (χ0v) is 11.7. The Morgan fingerprint density at radius 2 is 2.38 bits per heavy atom. The molecule has 1 aromatic carbocycles. The number of hydrogen-bond acceptors (Lipinski definition) is 5. The van der Waals surface area contributed by atoms with E-state index in [1.807, 2.05) is 0 Å². The van der Waals surface area contributed by atoms with Crippen LogP contribution in [0.5, 0.6) is 5.75 Å². The fourth-order valence-corrected chi connectivity index (χ4v) is 3.50. The van der Waals surface area contributed by atoms with Gasteiger partial charge < -0.3 is 9.47 Å². The maximum atomic E-state index is 10.9. The summed E-state index contributed by atoms with van der Waals surface area (Å²) in [7, 11) is 1.53. The topological polar surface area (TPSA) is 85.4 Å². The predicted octanol–water partition coefficient (Wildman–Crippen LogP) is 2.61. The summed E-state index contributed by atoms with van der Waals surface area (Å²) in [6.45, 7) is 0. The van der Waals surface area contributed by atoms with Gasteiger partial charge in [-0.1, -0.05) is 0 Å². The molecule has 6 heteroatoms. The number of benzene rings is 1. The van der Waals surface area contributed by atoms with Crippen LogP contribution in [-0.2, 0) is 11.2 Å². The van der Waals surface area contributed by atoms with Crippen molar-refractivity contribution in [1.82, 2.24) is 0 Å². The van der Waals surface area contributed by atoms with Gasteiger partial charge in [0.1, 0.15) is 5.75 Å². The molecule has 1 aromatic rings. The summed E-state index contributed by atoms with van der Waals surface area (Å²) in [6, 6.07) is 6.92. The van der Waals surface area contributed by atoms with Crippen molar-refractivity contribution in [3.05, 3.63) is 33.9 Å². The number of nitro groups is 1. The van der Waals surface area contributed by atoms with E-state index in [2.05, 4.69) is 6.07 Å². The number of nitrogens with zero attached hydrogens (tertiary/aromatic N) is 2. The Kier molecular flexibility index (Phi) is 3.30. The largest absolute Gasteiger partial charge is 0.496 e. The molecule has 2 aliphatic heterocycles. The van der Waals surface area contributed by atoms with Crippen molar-refractivity contribution in [3.8, 4) is 11.8 Å². The highest BCUT2D eigenvalue weighted by molar-refractivity contribution is 5.45. The summed E-state index contributed by atoms with van der Waals surface area (Å²) in [5.41, 5.74) is 0.123. The molecule has 3 atom stereocenters. The van der Waals surface area contributed by atoms with Crippen LogP contribution in [0.1, 0.15) is 24.8 Å². The first kappa shape index (κ1) is 13.8. The number of hydrogen-bond donors (Lipinski definition) is 0. The number of fused-ring (bicyclic) bond motifs is 2. The minimum Gasteiger partial charge on any atom is -0.496 e. The van der Waals surface area contributed by atoms with Gasteiger partial charge in [0.15, 0.2) is 0 Å². The van der Waals surface area contributed by atoms with E-state index in [0.717, 1.165) is 12.8 Å². The van der Waals surface area contributed by atoms with Crippen LogP contribution in [0.2, 0.25) is 0 Å². The Bertz CT molecular complexity index is 625. The van der Waals surface area contributed by atoms with Gasteiger partial charge >= 0.3 is 0 Å². The summed E-state index contributed by atoms with van der Waals surface area (Å²) in [4.78, 5) is 10.5. The van der Waals surface area contributed by atoms with Gasteiger partial charge in [-0.25, -0.2) is 0 Å². The molecule has 0 spiro atoms. The lowest BCUT2D eigenvalue weighted by molar-refractivity contribution is -0.384. The molecule has 2 saturated heterocycles. The number of methoxy groups -OCH3 is 1. The van der Waals surface area contributed by atoms with Crippen LogP contribution < -0.4 is 4.74 Å².